The molecule has 0 aliphatic heterocycles. The summed E-state index contributed by atoms with van der Waals surface area (Å²) in [4.78, 5) is 22.1. The van der Waals surface area contributed by atoms with Crippen molar-refractivity contribution >= 4 is 22.0 Å². The molecule has 0 bridgehead atoms. The standard InChI is InChI=1S/C23H21NO7S/c1-31-20-10-4-17(5-11-20)15-24(14-16-2-6-18(7-3-16)22(25)26)32(29,30)21-12-8-19(9-13-21)23(27)28/h2-13H,14-15H2,1H3,(H,25,26)(H,27,28). The van der Waals surface area contributed by atoms with Gasteiger partial charge in [-0.05, 0) is 59.7 Å². The molecule has 0 radical (unpaired) electrons. The van der Waals surface area contributed by atoms with Gasteiger partial charge in [0.2, 0.25) is 10.0 Å². The molecule has 0 aliphatic rings. The molecule has 3 aromatic rings. The Balaban J connectivity index is 1.95. The molecule has 0 fully saturated rings. The minimum Gasteiger partial charge on any atom is -0.497 e. The molecule has 166 valence electrons. The van der Waals surface area contributed by atoms with Gasteiger partial charge in [-0.15, -0.1) is 0 Å². The molecule has 0 spiro atoms. The highest BCUT2D eigenvalue weighted by Crippen LogP contribution is 2.23. The number of nitrogens with zero attached hydrogens (tertiary/aromatic N) is 1. The third-order valence-electron chi connectivity index (χ3n) is 4.82. The van der Waals surface area contributed by atoms with Crippen molar-refractivity contribution in [2.75, 3.05) is 7.11 Å². The van der Waals surface area contributed by atoms with Crippen molar-refractivity contribution in [2.45, 2.75) is 18.0 Å². The summed E-state index contributed by atoms with van der Waals surface area (Å²) >= 11 is 0. The molecule has 3 aromatic carbocycles. The molecule has 0 atom stereocenters. The van der Waals surface area contributed by atoms with Crippen LogP contribution in [-0.2, 0) is 23.1 Å². The second-order valence-electron chi connectivity index (χ2n) is 6.95. The summed E-state index contributed by atoms with van der Waals surface area (Å²) in [6, 6.07) is 17.9. The minimum absolute atomic E-state index is 0.00502. The van der Waals surface area contributed by atoms with Gasteiger partial charge in [-0.25, -0.2) is 18.0 Å². The first-order valence-corrected chi connectivity index (χ1v) is 10.9. The van der Waals surface area contributed by atoms with Gasteiger partial charge in [0.15, 0.2) is 0 Å². The number of carboxylic acid groups (broad SMARTS) is 2. The predicted octanol–water partition coefficient (Wildman–Crippen LogP) is 3.48. The van der Waals surface area contributed by atoms with Crippen LogP contribution < -0.4 is 4.74 Å². The van der Waals surface area contributed by atoms with E-state index in [0.29, 0.717) is 11.3 Å². The Morgan fingerprint density at radius 1 is 0.750 bits per heavy atom. The number of hydrogen-bond acceptors (Lipinski definition) is 5. The number of carboxylic acids is 2. The van der Waals surface area contributed by atoms with E-state index in [9.17, 15) is 18.0 Å². The molecule has 0 heterocycles. The fourth-order valence-corrected chi connectivity index (χ4v) is 4.45. The molecule has 32 heavy (non-hydrogen) atoms. The summed E-state index contributed by atoms with van der Waals surface area (Å²) in [5.74, 6) is -1.59. The van der Waals surface area contributed by atoms with Crippen LogP contribution in [0.3, 0.4) is 0 Å². The highest BCUT2D eigenvalue weighted by Gasteiger charge is 2.25. The van der Waals surface area contributed by atoms with Gasteiger partial charge in [0.25, 0.3) is 0 Å². The Morgan fingerprint density at radius 3 is 1.56 bits per heavy atom. The summed E-state index contributed by atoms with van der Waals surface area (Å²) in [7, 11) is -2.45. The van der Waals surface area contributed by atoms with Crippen LogP contribution in [0.4, 0.5) is 0 Å². The highest BCUT2D eigenvalue weighted by molar-refractivity contribution is 7.89. The van der Waals surface area contributed by atoms with Gasteiger partial charge in [0, 0.05) is 13.1 Å². The third-order valence-corrected chi connectivity index (χ3v) is 6.62. The number of hydrogen-bond donors (Lipinski definition) is 2. The van der Waals surface area contributed by atoms with E-state index in [1.54, 1.807) is 36.4 Å². The molecule has 2 N–H and O–H groups in total. The fraction of sp³-hybridized carbons (Fsp3) is 0.130. The van der Waals surface area contributed by atoms with E-state index in [-0.39, 0.29) is 29.1 Å². The quantitative estimate of drug-likeness (QED) is 0.507. The monoisotopic (exact) mass is 455 g/mol. The first kappa shape index (κ1) is 23.0. The van der Waals surface area contributed by atoms with E-state index in [4.69, 9.17) is 14.9 Å². The van der Waals surface area contributed by atoms with Crippen molar-refractivity contribution in [3.63, 3.8) is 0 Å². The summed E-state index contributed by atoms with van der Waals surface area (Å²) in [5.41, 5.74) is 1.41. The number of methoxy groups -OCH3 is 1. The number of carbonyl (C=O) groups is 2. The van der Waals surface area contributed by atoms with E-state index in [2.05, 4.69) is 0 Å². The van der Waals surface area contributed by atoms with Crippen LogP contribution in [-0.4, -0.2) is 42.0 Å². The fourth-order valence-electron chi connectivity index (χ4n) is 3.04. The van der Waals surface area contributed by atoms with Crippen LogP contribution in [0.25, 0.3) is 0 Å². The van der Waals surface area contributed by atoms with Crippen molar-refractivity contribution in [2.24, 2.45) is 0 Å². The van der Waals surface area contributed by atoms with E-state index in [1.807, 2.05) is 0 Å². The number of benzene rings is 3. The molecular formula is C23H21NO7S. The van der Waals surface area contributed by atoms with Crippen molar-refractivity contribution in [1.29, 1.82) is 0 Å². The Labute approximate surface area is 185 Å². The van der Waals surface area contributed by atoms with E-state index in [0.717, 1.165) is 5.56 Å². The Hall–Kier alpha value is -3.69. The van der Waals surface area contributed by atoms with Crippen LogP contribution in [0.1, 0.15) is 31.8 Å². The summed E-state index contributed by atoms with van der Waals surface area (Å²) < 4.78 is 33.2. The lowest BCUT2D eigenvalue weighted by atomic mass is 10.1. The van der Waals surface area contributed by atoms with Gasteiger partial charge in [0.1, 0.15) is 5.75 Å². The van der Waals surface area contributed by atoms with Crippen molar-refractivity contribution < 1.29 is 33.0 Å². The molecule has 0 aromatic heterocycles. The molecular weight excluding hydrogens is 434 g/mol. The largest absolute Gasteiger partial charge is 0.497 e. The second-order valence-corrected chi connectivity index (χ2v) is 8.89. The molecule has 0 amide bonds. The van der Waals surface area contributed by atoms with Gasteiger partial charge in [-0.2, -0.15) is 4.31 Å². The SMILES string of the molecule is COc1ccc(CN(Cc2ccc(C(=O)O)cc2)S(=O)(=O)c2ccc(C(=O)O)cc2)cc1. The zero-order valence-electron chi connectivity index (χ0n) is 17.1. The first-order chi connectivity index (χ1) is 15.2. The van der Waals surface area contributed by atoms with Crippen LogP contribution in [0.2, 0.25) is 0 Å². The lowest BCUT2D eigenvalue weighted by Gasteiger charge is -2.23. The summed E-state index contributed by atoms with van der Waals surface area (Å²) in [5, 5.41) is 18.1. The van der Waals surface area contributed by atoms with Crippen LogP contribution in [0.5, 0.6) is 5.75 Å². The Morgan fingerprint density at radius 2 is 1.16 bits per heavy atom. The molecule has 9 heteroatoms. The number of aromatic carboxylic acids is 2. The Kier molecular flexibility index (Phi) is 6.92. The average Bonchev–Trinajstić information content (AvgIpc) is 2.79. The smallest absolute Gasteiger partial charge is 0.335 e. The number of ether oxygens (including phenoxy) is 1. The van der Waals surface area contributed by atoms with Gasteiger partial charge in [0.05, 0.1) is 23.1 Å². The molecule has 0 saturated heterocycles. The summed E-state index contributed by atoms with van der Waals surface area (Å²) in [6.45, 7) is 0.0443. The maximum absolute atomic E-state index is 13.4. The van der Waals surface area contributed by atoms with E-state index < -0.39 is 22.0 Å². The van der Waals surface area contributed by atoms with Gasteiger partial charge < -0.3 is 14.9 Å². The van der Waals surface area contributed by atoms with Crippen molar-refractivity contribution in [3.8, 4) is 5.75 Å². The highest BCUT2D eigenvalue weighted by atomic mass is 32.2. The number of rotatable bonds is 9. The second kappa shape index (κ2) is 9.63. The van der Waals surface area contributed by atoms with E-state index in [1.165, 1.54) is 47.8 Å². The maximum atomic E-state index is 13.4. The predicted molar refractivity (Wildman–Crippen MR) is 116 cm³/mol. The molecule has 8 nitrogen and oxygen atoms in total. The zero-order chi connectivity index (χ0) is 23.3. The molecule has 3 rings (SSSR count). The normalized spacial score (nSPS) is 11.3. The molecule has 0 saturated carbocycles. The van der Waals surface area contributed by atoms with Gasteiger partial charge in [-0.1, -0.05) is 24.3 Å². The van der Waals surface area contributed by atoms with Gasteiger partial charge >= 0.3 is 11.9 Å². The van der Waals surface area contributed by atoms with Crippen LogP contribution >= 0.6 is 0 Å². The van der Waals surface area contributed by atoms with Crippen molar-refractivity contribution in [3.05, 3.63) is 95.1 Å². The minimum atomic E-state index is -3.99. The lowest BCUT2D eigenvalue weighted by Crippen LogP contribution is -2.30. The average molecular weight is 455 g/mol. The topological polar surface area (TPSA) is 121 Å². The van der Waals surface area contributed by atoms with Crippen LogP contribution in [0, 0.1) is 0 Å². The molecule has 0 aliphatic carbocycles. The first-order valence-electron chi connectivity index (χ1n) is 9.49. The van der Waals surface area contributed by atoms with Gasteiger partial charge in [-0.3, -0.25) is 0 Å². The maximum Gasteiger partial charge on any atom is 0.335 e. The Bertz CT molecular complexity index is 1200. The van der Waals surface area contributed by atoms with Crippen LogP contribution in [0.15, 0.2) is 77.7 Å². The lowest BCUT2D eigenvalue weighted by molar-refractivity contribution is 0.0686. The third kappa shape index (κ3) is 5.32. The van der Waals surface area contributed by atoms with E-state index >= 15 is 0 Å². The van der Waals surface area contributed by atoms with Crippen molar-refractivity contribution in [1.82, 2.24) is 4.31 Å². The number of sulfonamides is 1. The molecule has 0 unspecified atom stereocenters. The zero-order valence-corrected chi connectivity index (χ0v) is 18.0. The summed E-state index contributed by atoms with van der Waals surface area (Å²) in [6.07, 6.45) is 0.